The summed E-state index contributed by atoms with van der Waals surface area (Å²) in [7, 11) is 0. The van der Waals surface area contributed by atoms with Crippen molar-refractivity contribution in [2.24, 2.45) is 5.92 Å². The predicted octanol–water partition coefficient (Wildman–Crippen LogP) is 2.22. The second-order valence-electron chi connectivity index (χ2n) is 9.02. The first-order chi connectivity index (χ1) is 13.2. The summed E-state index contributed by atoms with van der Waals surface area (Å²) >= 11 is 0. The summed E-state index contributed by atoms with van der Waals surface area (Å²) in [4.78, 5) is 24.7. The lowest BCUT2D eigenvalue weighted by molar-refractivity contribution is -0.136. The zero-order valence-electron chi connectivity index (χ0n) is 17.4. The molecule has 8 nitrogen and oxygen atoms in total. The van der Waals surface area contributed by atoms with Crippen LogP contribution in [-0.2, 0) is 9.53 Å². The molecule has 1 saturated carbocycles. The third kappa shape index (κ3) is 5.31. The molecule has 1 saturated heterocycles. The normalized spacial score (nSPS) is 27.4. The van der Waals surface area contributed by atoms with E-state index in [1.54, 1.807) is 10.9 Å². The van der Waals surface area contributed by atoms with Gasteiger partial charge < -0.3 is 15.4 Å². The van der Waals surface area contributed by atoms with Crippen molar-refractivity contribution in [3.05, 3.63) is 11.9 Å². The molecule has 0 spiro atoms. The van der Waals surface area contributed by atoms with Crippen LogP contribution in [0, 0.1) is 5.92 Å². The monoisotopic (exact) mass is 391 g/mol. The Labute approximate surface area is 166 Å². The first kappa shape index (κ1) is 20.8. The van der Waals surface area contributed by atoms with E-state index in [0.29, 0.717) is 12.3 Å². The average Bonchev–Trinajstić information content (AvgIpc) is 3.11. The highest BCUT2D eigenvalue weighted by Crippen LogP contribution is 2.31. The van der Waals surface area contributed by atoms with Crippen molar-refractivity contribution in [2.75, 3.05) is 6.61 Å². The number of carbonyl (C=O) groups is 2. The van der Waals surface area contributed by atoms with E-state index < -0.39 is 0 Å². The molecule has 0 unspecified atom stereocenters. The molecular weight excluding hydrogens is 358 g/mol. The van der Waals surface area contributed by atoms with Crippen molar-refractivity contribution in [1.29, 1.82) is 0 Å². The van der Waals surface area contributed by atoms with Gasteiger partial charge in [0.05, 0.1) is 17.8 Å². The van der Waals surface area contributed by atoms with E-state index in [-0.39, 0.29) is 41.5 Å². The highest BCUT2D eigenvalue weighted by Gasteiger charge is 2.34. The third-order valence-electron chi connectivity index (χ3n) is 5.65. The Bertz CT molecular complexity index is 692. The Kier molecular flexibility index (Phi) is 6.37. The van der Waals surface area contributed by atoms with Crippen LogP contribution < -0.4 is 10.6 Å². The van der Waals surface area contributed by atoms with Crippen molar-refractivity contribution in [1.82, 2.24) is 25.6 Å². The van der Waals surface area contributed by atoms with Gasteiger partial charge in [0.25, 0.3) is 5.91 Å². The number of nitrogens with one attached hydrogen (secondary N) is 2. The zero-order valence-corrected chi connectivity index (χ0v) is 17.4. The minimum atomic E-state index is -0.218. The van der Waals surface area contributed by atoms with Gasteiger partial charge in [-0.1, -0.05) is 5.21 Å². The molecule has 2 heterocycles. The number of carbonyl (C=O) groups excluding carboxylic acids is 2. The first-order valence-corrected chi connectivity index (χ1v) is 10.4. The second kappa shape index (κ2) is 8.59. The number of aromatic nitrogens is 3. The quantitative estimate of drug-likeness (QED) is 0.802. The summed E-state index contributed by atoms with van der Waals surface area (Å²) in [6.07, 6.45) is 6.95. The SMILES string of the molecule is CC(C)NC(=O)c1cn(C2CCC(NC(=O)[C@@H]3CCOC(C)(C)C3)CC2)nn1. The Morgan fingerprint density at radius 3 is 2.57 bits per heavy atom. The summed E-state index contributed by atoms with van der Waals surface area (Å²) in [5.41, 5.74) is 0.135. The van der Waals surface area contributed by atoms with Crippen LogP contribution in [0.4, 0.5) is 0 Å². The largest absolute Gasteiger partial charge is 0.376 e. The molecule has 8 heteroatoms. The molecule has 2 N–H and O–H groups in total. The van der Waals surface area contributed by atoms with Gasteiger partial charge in [0.1, 0.15) is 0 Å². The minimum absolute atomic E-state index is 0.0406. The first-order valence-electron chi connectivity index (χ1n) is 10.4. The summed E-state index contributed by atoms with van der Waals surface area (Å²) in [5.74, 6) is 0.00799. The van der Waals surface area contributed by atoms with Crippen LogP contribution in [0.25, 0.3) is 0 Å². The fraction of sp³-hybridized carbons (Fsp3) is 0.800. The number of nitrogens with zero attached hydrogens (tertiary/aromatic N) is 3. The molecule has 1 aromatic heterocycles. The molecule has 1 aliphatic heterocycles. The van der Waals surface area contributed by atoms with Gasteiger partial charge in [0, 0.05) is 24.6 Å². The third-order valence-corrected chi connectivity index (χ3v) is 5.65. The van der Waals surface area contributed by atoms with Crippen LogP contribution in [0.1, 0.15) is 82.8 Å². The number of ether oxygens (including phenoxy) is 1. The van der Waals surface area contributed by atoms with Crippen LogP contribution in [0.3, 0.4) is 0 Å². The molecule has 156 valence electrons. The lowest BCUT2D eigenvalue weighted by atomic mass is 9.86. The van der Waals surface area contributed by atoms with Gasteiger partial charge >= 0.3 is 0 Å². The molecule has 2 amide bonds. The van der Waals surface area contributed by atoms with Crippen molar-refractivity contribution < 1.29 is 14.3 Å². The van der Waals surface area contributed by atoms with Gasteiger partial charge in [-0.2, -0.15) is 0 Å². The lowest BCUT2D eigenvalue weighted by Crippen LogP contribution is -2.45. The van der Waals surface area contributed by atoms with Gasteiger partial charge in [-0.05, 0) is 66.2 Å². The van der Waals surface area contributed by atoms with Gasteiger partial charge in [-0.15, -0.1) is 5.10 Å². The van der Waals surface area contributed by atoms with Crippen LogP contribution in [-0.4, -0.2) is 51.1 Å². The highest BCUT2D eigenvalue weighted by molar-refractivity contribution is 5.92. The summed E-state index contributed by atoms with van der Waals surface area (Å²) < 4.78 is 7.51. The fourth-order valence-electron chi connectivity index (χ4n) is 4.15. The highest BCUT2D eigenvalue weighted by atomic mass is 16.5. The maximum absolute atomic E-state index is 12.6. The van der Waals surface area contributed by atoms with Crippen LogP contribution in [0.5, 0.6) is 0 Å². The van der Waals surface area contributed by atoms with E-state index in [2.05, 4.69) is 20.9 Å². The van der Waals surface area contributed by atoms with E-state index in [1.807, 2.05) is 27.7 Å². The number of rotatable bonds is 5. The number of hydrogen-bond donors (Lipinski definition) is 2. The Morgan fingerprint density at radius 1 is 1.21 bits per heavy atom. The van der Waals surface area contributed by atoms with Crippen LogP contribution in [0.2, 0.25) is 0 Å². The lowest BCUT2D eigenvalue weighted by Gasteiger charge is -2.36. The zero-order chi connectivity index (χ0) is 20.3. The summed E-state index contributed by atoms with van der Waals surface area (Å²) in [6, 6.07) is 0.503. The maximum Gasteiger partial charge on any atom is 0.273 e. The second-order valence-corrected chi connectivity index (χ2v) is 9.02. The number of amides is 2. The topological polar surface area (TPSA) is 98.1 Å². The predicted molar refractivity (Wildman–Crippen MR) is 105 cm³/mol. The van der Waals surface area contributed by atoms with Gasteiger partial charge in [-0.3, -0.25) is 9.59 Å². The maximum atomic E-state index is 12.6. The van der Waals surface area contributed by atoms with E-state index in [9.17, 15) is 9.59 Å². The van der Waals surface area contributed by atoms with E-state index >= 15 is 0 Å². The smallest absolute Gasteiger partial charge is 0.273 e. The molecule has 3 rings (SSSR count). The number of hydrogen-bond acceptors (Lipinski definition) is 5. The van der Waals surface area contributed by atoms with E-state index in [4.69, 9.17) is 4.74 Å². The molecule has 28 heavy (non-hydrogen) atoms. The van der Waals surface area contributed by atoms with E-state index in [0.717, 1.165) is 38.5 Å². The summed E-state index contributed by atoms with van der Waals surface area (Å²) in [5, 5.41) is 14.2. The van der Waals surface area contributed by atoms with Crippen molar-refractivity contribution in [3.8, 4) is 0 Å². The molecule has 0 bridgehead atoms. The molecule has 2 fully saturated rings. The van der Waals surface area contributed by atoms with Gasteiger partial charge in [0.15, 0.2) is 5.69 Å². The molecule has 0 aromatic carbocycles. The molecule has 1 atom stereocenters. The summed E-state index contributed by atoms with van der Waals surface area (Å²) in [6.45, 7) is 8.58. The molecular formula is C20H33N5O3. The Hall–Kier alpha value is -1.96. The fourth-order valence-corrected chi connectivity index (χ4v) is 4.15. The van der Waals surface area contributed by atoms with Crippen molar-refractivity contribution in [3.63, 3.8) is 0 Å². The van der Waals surface area contributed by atoms with E-state index in [1.165, 1.54) is 0 Å². The van der Waals surface area contributed by atoms with Gasteiger partial charge in [0.2, 0.25) is 5.91 Å². The van der Waals surface area contributed by atoms with Crippen molar-refractivity contribution in [2.45, 2.75) is 89.9 Å². The van der Waals surface area contributed by atoms with Crippen LogP contribution in [0.15, 0.2) is 6.20 Å². The molecule has 2 aliphatic rings. The molecule has 1 aromatic rings. The average molecular weight is 392 g/mol. The minimum Gasteiger partial charge on any atom is -0.376 e. The van der Waals surface area contributed by atoms with Crippen LogP contribution >= 0.6 is 0 Å². The standard InChI is InChI=1S/C20H33N5O3/c1-13(2)21-19(27)17-12-25(24-23-17)16-7-5-15(6-8-16)22-18(26)14-9-10-28-20(3,4)11-14/h12-16H,5-11H2,1-4H3,(H,21,27)(H,22,26)/t14-,15?,16?/m1/s1. The molecule has 0 radical (unpaired) electrons. The van der Waals surface area contributed by atoms with Gasteiger partial charge in [-0.25, -0.2) is 4.68 Å². The Morgan fingerprint density at radius 2 is 1.93 bits per heavy atom. The van der Waals surface area contributed by atoms with Crippen molar-refractivity contribution >= 4 is 11.8 Å². The Balaban J connectivity index is 1.47. The molecule has 1 aliphatic carbocycles.